The van der Waals surface area contributed by atoms with Crippen LogP contribution in [-0.2, 0) is 6.54 Å². The first-order chi connectivity index (χ1) is 13.2. The van der Waals surface area contributed by atoms with Gasteiger partial charge in [0, 0.05) is 5.69 Å². The Kier molecular flexibility index (Phi) is 3.82. The number of halogens is 1. The summed E-state index contributed by atoms with van der Waals surface area (Å²) in [6.45, 7) is 0.539. The highest BCUT2D eigenvalue weighted by Crippen LogP contribution is 2.43. The molecule has 0 unspecified atom stereocenters. The van der Waals surface area contributed by atoms with E-state index >= 15 is 0 Å². The fourth-order valence-electron chi connectivity index (χ4n) is 3.43. The monoisotopic (exact) mass is 426 g/mol. The van der Waals surface area contributed by atoms with Crippen molar-refractivity contribution < 1.29 is 18.7 Å². The van der Waals surface area contributed by atoms with Gasteiger partial charge in [-0.05, 0) is 57.9 Å². The lowest BCUT2D eigenvalue weighted by atomic mass is 10.0. The number of carbonyl (C=O) groups is 1. The third kappa shape index (κ3) is 2.75. The number of hydrogen-bond acceptors (Lipinski definition) is 5. The lowest BCUT2D eigenvalue weighted by Gasteiger charge is -2.37. The molecule has 0 spiro atoms. The van der Waals surface area contributed by atoms with Crippen LogP contribution in [0.2, 0.25) is 0 Å². The van der Waals surface area contributed by atoms with Crippen molar-refractivity contribution in [3.63, 3.8) is 0 Å². The lowest BCUT2D eigenvalue weighted by Crippen LogP contribution is -2.42. The Hall–Kier alpha value is -2.93. The topological polar surface area (TPSA) is 63.9 Å². The van der Waals surface area contributed by atoms with Gasteiger partial charge in [0.05, 0.1) is 22.8 Å². The van der Waals surface area contributed by atoms with E-state index in [1.54, 1.807) is 11.2 Å². The summed E-state index contributed by atoms with van der Waals surface area (Å²) in [6, 6.07) is 15.0. The highest BCUT2D eigenvalue weighted by molar-refractivity contribution is 9.10. The largest absolute Gasteiger partial charge is 0.467 e. The van der Waals surface area contributed by atoms with Crippen molar-refractivity contribution in [2.45, 2.75) is 12.7 Å². The normalized spacial score (nSPS) is 17.6. The minimum absolute atomic E-state index is 0.0560. The van der Waals surface area contributed by atoms with Crippen molar-refractivity contribution in [1.82, 2.24) is 4.90 Å². The zero-order chi connectivity index (χ0) is 18.4. The number of para-hydroxylation sites is 1. The van der Waals surface area contributed by atoms with Crippen molar-refractivity contribution in [2.75, 3.05) is 12.1 Å². The summed E-state index contributed by atoms with van der Waals surface area (Å²) in [4.78, 5) is 15.0. The van der Waals surface area contributed by atoms with Gasteiger partial charge in [-0.3, -0.25) is 4.79 Å². The van der Waals surface area contributed by atoms with Crippen LogP contribution in [0, 0.1) is 0 Å². The molecule has 6 nitrogen and oxygen atoms in total. The maximum atomic E-state index is 13.2. The standard InChI is InChI=1S/C20H15BrN2O4/c21-15-8-12(9-17-18(15)27-11-26-17)19-22-16-6-2-1-5-14(16)20(24)23(19)10-13-4-3-7-25-13/h1-9,19,22H,10-11H2/t19-/m1/s1. The van der Waals surface area contributed by atoms with E-state index in [9.17, 15) is 4.79 Å². The van der Waals surface area contributed by atoms with Gasteiger partial charge >= 0.3 is 0 Å². The SMILES string of the molecule is O=C1c2ccccc2N[C@@H](c2cc(Br)c3c(c2)OCO3)N1Cc1ccco1. The number of hydrogen-bond donors (Lipinski definition) is 1. The van der Waals surface area contributed by atoms with Gasteiger partial charge in [-0.15, -0.1) is 0 Å². The minimum atomic E-state index is -0.372. The number of fused-ring (bicyclic) bond motifs is 2. The van der Waals surface area contributed by atoms with E-state index in [0.717, 1.165) is 15.7 Å². The summed E-state index contributed by atoms with van der Waals surface area (Å²) < 4.78 is 17.3. The summed E-state index contributed by atoms with van der Waals surface area (Å²) >= 11 is 3.54. The van der Waals surface area contributed by atoms with Gasteiger partial charge < -0.3 is 24.1 Å². The predicted molar refractivity (Wildman–Crippen MR) is 102 cm³/mol. The Morgan fingerprint density at radius 2 is 2.04 bits per heavy atom. The second kappa shape index (κ2) is 6.35. The van der Waals surface area contributed by atoms with E-state index in [1.807, 2.05) is 48.5 Å². The number of nitrogens with one attached hydrogen (secondary N) is 1. The Labute approximate surface area is 163 Å². The zero-order valence-electron chi connectivity index (χ0n) is 14.1. The van der Waals surface area contributed by atoms with Crippen LogP contribution in [0.25, 0.3) is 0 Å². The number of rotatable bonds is 3. The molecule has 1 atom stereocenters. The Morgan fingerprint density at radius 1 is 1.15 bits per heavy atom. The molecule has 1 N–H and O–H groups in total. The van der Waals surface area contributed by atoms with Crippen LogP contribution in [0.4, 0.5) is 5.69 Å². The minimum Gasteiger partial charge on any atom is -0.467 e. The average molecular weight is 427 g/mol. The maximum absolute atomic E-state index is 13.2. The van der Waals surface area contributed by atoms with Gasteiger partial charge in [0.25, 0.3) is 5.91 Å². The molecule has 0 bridgehead atoms. The molecule has 7 heteroatoms. The first-order valence-electron chi connectivity index (χ1n) is 8.48. The summed E-state index contributed by atoms with van der Waals surface area (Å²) in [5.74, 6) is 2.00. The molecule has 27 heavy (non-hydrogen) atoms. The number of carbonyl (C=O) groups excluding carboxylic acids is 1. The van der Waals surface area contributed by atoms with Gasteiger partial charge in [-0.1, -0.05) is 12.1 Å². The predicted octanol–water partition coefficient (Wildman–Crippen LogP) is 4.54. The smallest absolute Gasteiger partial charge is 0.258 e. The number of benzene rings is 2. The first kappa shape index (κ1) is 16.3. The van der Waals surface area contributed by atoms with Gasteiger partial charge in [-0.25, -0.2) is 0 Å². The highest BCUT2D eigenvalue weighted by atomic mass is 79.9. The van der Waals surface area contributed by atoms with Crippen molar-refractivity contribution in [1.29, 1.82) is 0 Å². The van der Waals surface area contributed by atoms with Crippen LogP contribution < -0.4 is 14.8 Å². The molecular formula is C20H15BrN2O4. The van der Waals surface area contributed by atoms with Crippen molar-refractivity contribution >= 4 is 27.5 Å². The van der Waals surface area contributed by atoms with Crippen molar-refractivity contribution in [3.05, 3.63) is 76.2 Å². The average Bonchev–Trinajstić information content (AvgIpc) is 3.35. The van der Waals surface area contributed by atoms with E-state index in [1.165, 1.54) is 0 Å². The molecule has 136 valence electrons. The van der Waals surface area contributed by atoms with E-state index < -0.39 is 0 Å². The molecular weight excluding hydrogens is 412 g/mol. The van der Waals surface area contributed by atoms with Crippen LogP contribution in [0.1, 0.15) is 27.8 Å². The molecule has 0 fully saturated rings. The molecule has 2 aromatic carbocycles. The van der Waals surface area contributed by atoms with Crippen LogP contribution in [-0.4, -0.2) is 17.6 Å². The molecule has 0 radical (unpaired) electrons. The molecule has 5 rings (SSSR count). The van der Waals surface area contributed by atoms with Crippen LogP contribution in [0.3, 0.4) is 0 Å². The Balaban J connectivity index is 1.60. The number of amides is 1. The van der Waals surface area contributed by atoms with Crippen molar-refractivity contribution in [3.8, 4) is 11.5 Å². The van der Waals surface area contributed by atoms with Gasteiger partial charge in [-0.2, -0.15) is 0 Å². The number of furan rings is 1. The molecule has 0 aliphatic carbocycles. The van der Waals surface area contributed by atoms with Gasteiger partial charge in [0.15, 0.2) is 11.5 Å². The van der Waals surface area contributed by atoms with E-state index in [4.69, 9.17) is 13.9 Å². The van der Waals surface area contributed by atoms with Gasteiger partial charge in [0.1, 0.15) is 11.9 Å². The molecule has 0 saturated carbocycles. The molecule has 3 aromatic rings. The molecule has 2 aliphatic heterocycles. The number of ether oxygens (including phenoxy) is 2. The van der Waals surface area contributed by atoms with Gasteiger partial charge in [0.2, 0.25) is 6.79 Å². The highest BCUT2D eigenvalue weighted by Gasteiger charge is 2.34. The van der Waals surface area contributed by atoms with Crippen molar-refractivity contribution in [2.24, 2.45) is 0 Å². The van der Waals surface area contributed by atoms with Crippen LogP contribution >= 0.6 is 15.9 Å². The zero-order valence-corrected chi connectivity index (χ0v) is 15.7. The summed E-state index contributed by atoms with van der Waals surface area (Å²) in [5.41, 5.74) is 2.33. The molecule has 3 heterocycles. The third-order valence-corrected chi connectivity index (χ3v) is 5.28. The fourth-order valence-corrected chi connectivity index (χ4v) is 4.01. The Morgan fingerprint density at radius 3 is 2.89 bits per heavy atom. The van der Waals surface area contributed by atoms with E-state index in [0.29, 0.717) is 29.4 Å². The third-order valence-electron chi connectivity index (χ3n) is 4.69. The first-order valence-corrected chi connectivity index (χ1v) is 9.28. The number of anilines is 1. The second-order valence-corrected chi connectivity index (χ2v) is 7.20. The number of nitrogens with zero attached hydrogens (tertiary/aromatic N) is 1. The quantitative estimate of drug-likeness (QED) is 0.665. The molecule has 1 amide bonds. The summed E-state index contributed by atoms with van der Waals surface area (Å²) in [6.07, 6.45) is 1.24. The molecule has 0 saturated heterocycles. The summed E-state index contributed by atoms with van der Waals surface area (Å²) in [5, 5.41) is 3.47. The van der Waals surface area contributed by atoms with E-state index in [2.05, 4.69) is 21.2 Å². The molecule has 1 aromatic heterocycles. The Bertz CT molecular complexity index is 1020. The second-order valence-electron chi connectivity index (χ2n) is 6.34. The maximum Gasteiger partial charge on any atom is 0.258 e. The summed E-state index contributed by atoms with van der Waals surface area (Å²) in [7, 11) is 0. The van der Waals surface area contributed by atoms with Crippen LogP contribution in [0.15, 0.2) is 63.7 Å². The fraction of sp³-hybridized carbons (Fsp3) is 0.150. The molecule has 2 aliphatic rings. The lowest BCUT2D eigenvalue weighted by molar-refractivity contribution is 0.0651. The van der Waals surface area contributed by atoms with E-state index in [-0.39, 0.29) is 18.9 Å². The van der Waals surface area contributed by atoms with Crippen LogP contribution in [0.5, 0.6) is 11.5 Å².